The van der Waals surface area contributed by atoms with E-state index in [2.05, 4.69) is 6.58 Å². The molecule has 0 saturated carbocycles. The monoisotopic (exact) mass is 258 g/mol. The molecule has 0 fully saturated rings. The number of aromatic hydroxyl groups is 2. The first-order chi connectivity index (χ1) is 8.99. The van der Waals surface area contributed by atoms with Gasteiger partial charge in [0.05, 0.1) is 0 Å². The van der Waals surface area contributed by atoms with Crippen LogP contribution in [-0.2, 0) is 11.2 Å². The molecule has 0 unspecified atom stereocenters. The van der Waals surface area contributed by atoms with Gasteiger partial charge < -0.3 is 10.2 Å². The number of phenols is 2. The maximum absolute atomic E-state index is 11.7. The van der Waals surface area contributed by atoms with E-state index in [-0.39, 0.29) is 23.2 Å². The second-order valence-electron chi connectivity index (χ2n) is 5.06. The topological polar surface area (TPSA) is 57.5 Å². The fourth-order valence-corrected chi connectivity index (χ4v) is 2.33. The van der Waals surface area contributed by atoms with Gasteiger partial charge >= 0.3 is 0 Å². The first-order valence-electron chi connectivity index (χ1n) is 6.36. The number of benzene rings is 1. The van der Waals surface area contributed by atoms with E-state index in [0.29, 0.717) is 18.4 Å². The van der Waals surface area contributed by atoms with Gasteiger partial charge in [0.2, 0.25) is 0 Å². The maximum atomic E-state index is 11.7. The van der Waals surface area contributed by atoms with Crippen LogP contribution in [0.3, 0.4) is 0 Å². The minimum atomic E-state index is 0.0648. The van der Waals surface area contributed by atoms with Crippen LogP contribution in [0.2, 0.25) is 0 Å². The van der Waals surface area contributed by atoms with Crippen molar-refractivity contribution in [1.29, 1.82) is 0 Å². The summed E-state index contributed by atoms with van der Waals surface area (Å²) in [6.45, 7) is 5.84. The average Bonchev–Trinajstić information content (AvgIpc) is 2.37. The molecule has 0 aliphatic heterocycles. The van der Waals surface area contributed by atoms with E-state index in [9.17, 15) is 15.0 Å². The van der Waals surface area contributed by atoms with Gasteiger partial charge in [-0.15, -0.1) is 0 Å². The lowest BCUT2D eigenvalue weighted by atomic mass is 9.82. The van der Waals surface area contributed by atoms with Crippen molar-refractivity contribution in [3.05, 3.63) is 47.6 Å². The van der Waals surface area contributed by atoms with E-state index in [1.54, 1.807) is 18.2 Å². The first-order valence-corrected chi connectivity index (χ1v) is 6.36. The summed E-state index contributed by atoms with van der Waals surface area (Å²) in [5.41, 5.74) is 2.16. The van der Waals surface area contributed by atoms with Crippen LogP contribution < -0.4 is 0 Å². The van der Waals surface area contributed by atoms with Crippen molar-refractivity contribution in [3.8, 4) is 11.5 Å². The minimum Gasteiger partial charge on any atom is -0.508 e. The molecule has 2 rings (SSSR count). The van der Waals surface area contributed by atoms with Crippen LogP contribution in [0, 0.1) is 5.92 Å². The summed E-state index contributed by atoms with van der Waals surface area (Å²) in [4.78, 5) is 11.7. The SMILES string of the molecule is C=C(Cc1c(O)cccc1O)[C@@H]1CC=C(C)C(=O)C1. The fraction of sp³-hybridized carbons (Fsp3) is 0.312. The second kappa shape index (κ2) is 5.31. The van der Waals surface area contributed by atoms with Gasteiger partial charge in [0.15, 0.2) is 5.78 Å². The van der Waals surface area contributed by atoms with Gasteiger partial charge in [-0.05, 0) is 37.0 Å². The predicted molar refractivity (Wildman–Crippen MR) is 74.1 cm³/mol. The molecule has 1 aliphatic carbocycles. The third kappa shape index (κ3) is 2.87. The van der Waals surface area contributed by atoms with Crippen molar-refractivity contribution in [3.63, 3.8) is 0 Å². The summed E-state index contributed by atoms with van der Waals surface area (Å²) in [7, 11) is 0. The van der Waals surface area contributed by atoms with E-state index < -0.39 is 0 Å². The van der Waals surface area contributed by atoms with Gasteiger partial charge in [-0.3, -0.25) is 4.79 Å². The Morgan fingerprint density at radius 3 is 2.58 bits per heavy atom. The Morgan fingerprint density at radius 2 is 2.00 bits per heavy atom. The largest absolute Gasteiger partial charge is 0.508 e. The van der Waals surface area contributed by atoms with Crippen molar-refractivity contribution < 1.29 is 15.0 Å². The van der Waals surface area contributed by atoms with Crippen LogP contribution in [-0.4, -0.2) is 16.0 Å². The molecule has 1 aliphatic rings. The third-order valence-electron chi connectivity index (χ3n) is 3.69. The zero-order chi connectivity index (χ0) is 14.0. The molecule has 1 aromatic carbocycles. The van der Waals surface area contributed by atoms with Crippen LogP contribution in [0.4, 0.5) is 0 Å². The average molecular weight is 258 g/mol. The number of phenolic OH excluding ortho intramolecular Hbond substituents is 2. The second-order valence-corrected chi connectivity index (χ2v) is 5.06. The number of hydrogen-bond donors (Lipinski definition) is 2. The van der Waals surface area contributed by atoms with Gasteiger partial charge in [0.25, 0.3) is 0 Å². The Labute approximate surface area is 112 Å². The van der Waals surface area contributed by atoms with Crippen LogP contribution in [0.1, 0.15) is 25.3 Å². The molecule has 1 aromatic rings. The number of ketones is 1. The standard InChI is InChI=1S/C16H18O3/c1-10-6-7-12(9-16(10)19)11(2)8-13-14(17)4-3-5-15(13)18/h3-6,12,17-18H,2,7-9H2,1H3/t12-/m1/s1. The van der Waals surface area contributed by atoms with Crippen LogP contribution >= 0.6 is 0 Å². The van der Waals surface area contributed by atoms with Crippen molar-refractivity contribution in [2.45, 2.75) is 26.2 Å². The molecule has 0 amide bonds. The zero-order valence-electron chi connectivity index (χ0n) is 11.0. The van der Waals surface area contributed by atoms with E-state index in [4.69, 9.17) is 0 Å². The Balaban J connectivity index is 2.12. The third-order valence-corrected chi connectivity index (χ3v) is 3.69. The number of carbonyl (C=O) groups is 1. The van der Waals surface area contributed by atoms with Gasteiger partial charge in [0.1, 0.15) is 11.5 Å². The normalized spacial score (nSPS) is 19.1. The highest BCUT2D eigenvalue weighted by Crippen LogP contribution is 2.33. The zero-order valence-corrected chi connectivity index (χ0v) is 11.0. The Hall–Kier alpha value is -2.03. The molecule has 0 aromatic heterocycles. The predicted octanol–water partition coefficient (Wildman–Crippen LogP) is 3.12. The van der Waals surface area contributed by atoms with Gasteiger partial charge in [-0.25, -0.2) is 0 Å². The molecule has 19 heavy (non-hydrogen) atoms. The number of rotatable bonds is 3. The first kappa shape index (κ1) is 13.4. The smallest absolute Gasteiger partial charge is 0.158 e. The lowest BCUT2D eigenvalue weighted by Crippen LogP contribution is -2.16. The summed E-state index contributed by atoms with van der Waals surface area (Å²) in [6, 6.07) is 4.67. The lowest BCUT2D eigenvalue weighted by molar-refractivity contribution is -0.116. The Bertz CT molecular complexity index is 535. The highest BCUT2D eigenvalue weighted by Gasteiger charge is 2.22. The van der Waals surface area contributed by atoms with E-state index in [0.717, 1.165) is 17.6 Å². The Morgan fingerprint density at radius 1 is 1.37 bits per heavy atom. The van der Waals surface area contributed by atoms with E-state index in [1.807, 2.05) is 13.0 Å². The van der Waals surface area contributed by atoms with Crippen molar-refractivity contribution in [1.82, 2.24) is 0 Å². The molecule has 0 bridgehead atoms. The molecule has 2 N–H and O–H groups in total. The van der Waals surface area contributed by atoms with Crippen molar-refractivity contribution >= 4 is 5.78 Å². The van der Waals surface area contributed by atoms with Crippen LogP contribution in [0.25, 0.3) is 0 Å². The molecule has 0 heterocycles. The van der Waals surface area contributed by atoms with Crippen molar-refractivity contribution in [2.24, 2.45) is 5.92 Å². The molecule has 0 saturated heterocycles. The molecule has 3 heteroatoms. The number of hydrogen-bond acceptors (Lipinski definition) is 3. The molecule has 3 nitrogen and oxygen atoms in total. The quantitative estimate of drug-likeness (QED) is 0.819. The number of Topliss-reactive ketones (excluding diaryl/α,β-unsaturated/α-hetero) is 1. The summed E-state index contributed by atoms with van der Waals surface area (Å²) in [5.74, 6) is 0.374. The Kier molecular flexibility index (Phi) is 3.74. The minimum absolute atomic E-state index is 0.0648. The van der Waals surface area contributed by atoms with Crippen LogP contribution in [0.5, 0.6) is 11.5 Å². The molecular weight excluding hydrogens is 240 g/mol. The van der Waals surface area contributed by atoms with Crippen LogP contribution in [0.15, 0.2) is 42.0 Å². The highest BCUT2D eigenvalue weighted by molar-refractivity contribution is 5.95. The summed E-state index contributed by atoms with van der Waals surface area (Å²) < 4.78 is 0. The molecule has 0 radical (unpaired) electrons. The summed E-state index contributed by atoms with van der Waals surface area (Å²) in [6.07, 6.45) is 3.59. The van der Waals surface area contributed by atoms with Gasteiger partial charge in [-0.2, -0.15) is 0 Å². The highest BCUT2D eigenvalue weighted by atomic mass is 16.3. The van der Waals surface area contributed by atoms with Crippen molar-refractivity contribution in [2.75, 3.05) is 0 Å². The summed E-state index contributed by atoms with van der Waals surface area (Å²) in [5, 5.41) is 19.5. The van der Waals surface area contributed by atoms with E-state index in [1.165, 1.54) is 0 Å². The molecule has 0 spiro atoms. The van der Waals surface area contributed by atoms with Gasteiger partial charge in [-0.1, -0.05) is 24.3 Å². The molecule has 100 valence electrons. The number of carbonyl (C=O) groups excluding carboxylic acids is 1. The van der Waals surface area contributed by atoms with E-state index >= 15 is 0 Å². The molecular formula is C16H18O3. The fourth-order valence-electron chi connectivity index (χ4n) is 2.33. The maximum Gasteiger partial charge on any atom is 0.158 e. The summed E-state index contributed by atoms with van der Waals surface area (Å²) >= 11 is 0. The lowest BCUT2D eigenvalue weighted by Gasteiger charge is -2.22. The molecule has 1 atom stereocenters. The van der Waals surface area contributed by atoms with Gasteiger partial charge in [0, 0.05) is 18.4 Å². The number of allylic oxidation sites excluding steroid dienone is 3.